The highest BCUT2D eigenvalue weighted by Gasteiger charge is 2.09. The minimum atomic E-state index is -2.91. The first-order valence-corrected chi connectivity index (χ1v) is 6.59. The van der Waals surface area contributed by atoms with Crippen LogP contribution in [0.25, 0.3) is 0 Å². The van der Waals surface area contributed by atoms with E-state index in [9.17, 15) is 8.78 Å². The molecular formula is C12H15ClF2N2O2S. The Kier molecular flexibility index (Phi) is 7.50. The molecule has 112 valence electrons. The van der Waals surface area contributed by atoms with Gasteiger partial charge in [0.1, 0.15) is 5.75 Å². The number of halogens is 3. The normalized spacial score (nSPS) is 10.4. The lowest BCUT2D eigenvalue weighted by atomic mass is 10.3. The minimum Gasteiger partial charge on any atom is -0.433 e. The number of benzene rings is 1. The summed E-state index contributed by atoms with van der Waals surface area (Å²) in [5.74, 6) is -0.0776. The molecule has 0 heterocycles. The Morgan fingerprint density at radius 2 is 2.20 bits per heavy atom. The van der Waals surface area contributed by atoms with E-state index < -0.39 is 6.61 Å². The third kappa shape index (κ3) is 6.31. The number of anilines is 1. The zero-order chi connectivity index (χ0) is 15.0. The molecule has 1 aromatic rings. The Balaban J connectivity index is 2.48. The molecule has 0 saturated carbocycles. The number of ether oxygens (including phenoxy) is 2. The summed E-state index contributed by atoms with van der Waals surface area (Å²) in [6.45, 7) is -1.60. The van der Waals surface area contributed by atoms with E-state index in [0.717, 1.165) is 6.42 Å². The first kappa shape index (κ1) is 16.9. The Bertz CT molecular complexity index is 449. The summed E-state index contributed by atoms with van der Waals surface area (Å²) in [5.41, 5.74) is 0.584. The fourth-order valence-electron chi connectivity index (χ4n) is 1.36. The van der Waals surface area contributed by atoms with E-state index in [1.807, 2.05) is 0 Å². The van der Waals surface area contributed by atoms with Crippen molar-refractivity contribution in [1.29, 1.82) is 0 Å². The molecule has 1 rings (SSSR count). The predicted molar refractivity (Wildman–Crippen MR) is 78.8 cm³/mol. The largest absolute Gasteiger partial charge is 0.433 e. The average Bonchev–Trinajstić information content (AvgIpc) is 2.37. The fraction of sp³-hybridized carbons (Fsp3) is 0.417. The molecule has 0 aliphatic rings. The summed E-state index contributed by atoms with van der Waals surface area (Å²) in [4.78, 5) is 0. The van der Waals surface area contributed by atoms with Crippen LogP contribution in [0.4, 0.5) is 14.5 Å². The van der Waals surface area contributed by atoms with Gasteiger partial charge in [0.2, 0.25) is 0 Å². The highest BCUT2D eigenvalue weighted by Crippen LogP contribution is 2.28. The van der Waals surface area contributed by atoms with Gasteiger partial charge in [0.15, 0.2) is 5.11 Å². The van der Waals surface area contributed by atoms with Crippen molar-refractivity contribution in [1.82, 2.24) is 5.32 Å². The molecule has 1 aromatic carbocycles. The molecule has 0 saturated heterocycles. The van der Waals surface area contributed by atoms with Gasteiger partial charge >= 0.3 is 6.61 Å². The van der Waals surface area contributed by atoms with Crippen molar-refractivity contribution >= 4 is 34.6 Å². The Labute approximate surface area is 126 Å². The Morgan fingerprint density at radius 3 is 2.80 bits per heavy atom. The van der Waals surface area contributed by atoms with Gasteiger partial charge in [-0.05, 0) is 36.8 Å². The van der Waals surface area contributed by atoms with Crippen LogP contribution in [-0.4, -0.2) is 32.0 Å². The van der Waals surface area contributed by atoms with Crippen LogP contribution < -0.4 is 15.4 Å². The second-order valence-electron chi connectivity index (χ2n) is 3.75. The summed E-state index contributed by atoms with van der Waals surface area (Å²) >= 11 is 10.9. The van der Waals surface area contributed by atoms with E-state index in [0.29, 0.717) is 24.0 Å². The van der Waals surface area contributed by atoms with Crippen LogP contribution in [0.15, 0.2) is 18.2 Å². The SMILES string of the molecule is COCCCNC(=S)Nc1ccc(OC(F)F)c(Cl)c1. The van der Waals surface area contributed by atoms with E-state index in [2.05, 4.69) is 15.4 Å². The first-order valence-electron chi connectivity index (χ1n) is 5.81. The fourth-order valence-corrected chi connectivity index (χ4v) is 1.81. The van der Waals surface area contributed by atoms with Gasteiger partial charge in [0.05, 0.1) is 5.02 Å². The maximum absolute atomic E-state index is 12.1. The molecule has 0 spiro atoms. The Hall–Kier alpha value is -1.18. The van der Waals surface area contributed by atoms with Gasteiger partial charge in [-0.2, -0.15) is 8.78 Å². The van der Waals surface area contributed by atoms with E-state index in [1.165, 1.54) is 12.1 Å². The van der Waals surface area contributed by atoms with Crippen LogP contribution in [-0.2, 0) is 4.74 Å². The number of nitrogens with one attached hydrogen (secondary N) is 2. The van der Waals surface area contributed by atoms with Crippen molar-refractivity contribution in [3.63, 3.8) is 0 Å². The maximum atomic E-state index is 12.1. The van der Waals surface area contributed by atoms with Gasteiger partial charge in [-0.3, -0.25) is 0 Å². The van der Waals surface area contributed by atoms with Gasteiger partial charge < -0.3 is 20.1 Å². The van der Waals surface area contributed by atoms with Crippen molar-refractivity contribution < 1.29 is 18.3 Å². The number of hydrogen-bond donors (Lipinski definition) is 2. The summed E-state index contributed by atoms with van der Waals surface area (Å²) in [6, 6.07) is 4.36. The molecule has 0 fully saturated rings. The highest BCUT2D eigenvalue weighted by molar-refractivity contribution is 7.80. The van der Waals surface area contributed by atoms with Crippen molar-refractivity contribution in [2.75, 3.05) is 25.6 Å². The molecule has 0 aliphatic heterocycles. The van der Waals surface area contributed by atoms with Crippen LogP contribution >= 0.6 is 23.8 Å². The van der Waals surface area contributed by atoms with Crippen LogP contribution in [0.2, 0.25) is 5.02 Å². The molecule has 2 N–H and O–H groups in total. The quantitative estimate of drug-likeness (QED) is 0.595. The van der Waals surface area contributed by atoms with Crippen molar-refractivity contribution in [2.45, 2.75) is 13.0 Å². The average molecular weight is 325 g/mol. The molecule has 0 aliphatic carbocycles. The van der Waals surface area contributed by atoms with Gasteiger partial charge in [0.25, 0.3) is 0 Å². The predicted octanol–water partition coefficient (Wildman–Crippen LogP) is 3.26. The molecule has 0 radical (unpaired) electrons. The molecule has 20 heavy (non-hydrogen) atoms. The standard InChI is InChI=1S/C12H15ClF2N2O2S/c1-18-6-2-5-16-12(20)17-8-3-4-10(9(13)7-8)19-11(14)15/h3-4,7,11H,2,5-6H2,1H3,(H2,16,17,20). The monoisotopic (exact) mass is 324 g/mol. The lowest BCUT2D eigenvalue weighted by Gasteiger charge is -2.12. The van der Waals surface area contributed by atoms with Gasteiger partial charge in [-0.1, -0.05) is 11.6 Å². The third-order valence-electron chi connectivity index (χ3n) is 2.22. The van der Waals surface area contributed by atoms with E-state index in [1.54, 1.807) is 13.2 Å². The van der Waals surface area contributed by atoms with Gasteiger partial charge in [-0.25, -0.2) is 0 Å². The number of alkyl halides is 2. The summed E-state index contributed by atoms with van der Waals surface area (Å²) in [5, 5.41) is 6.37. The lowest BCUT2D eigenvalue weighted by Crippen LogP contribution is -2.29. The second-order valence-corrected chi connectivity index (χ2v) is 4.57. The zero-order valence-electron chi connectivity index (χ0n) is 10.8. The molecular weight excluding hydrogens is 310 g/mol. The van der Waals surface area contributed by atoms with Crippen molar-refractivity contribution in [3.8, 4) is 5.75 Å². The maximum Gasteiger partial charge on any atom is 0.387 e. The third-order valence-corrected chi connectivity index (χ3v) is 2.76. The molecule has 0 amide bonds. The summed E-state index contributed by atoms with van der Waals surface area (Å²) in [7, 11) is 1.63. The van der Waals surface area contributed by atoms with Gasteiger partial charge in [0, 0.05) is 25.9 Å². The first-order chi connectivity index (χ1) is 9.52. The number of rotatable bonds is 7. The minimum absolute atomic E-state index is 0.0776. The molecule has 8 heteroatoms. The van der Waals surface area contributed by atoms with E-state index >= 15 is 0 Å². The van der Waals surface area contributed by atoms with Crippen molar-refractivity contribution in [3.05, 3.63) is 23.2 Å². The molecule has 4 nitrogen and oxygen atoms in total. The summed E-state index contributed by atoms with van der Waals surface area (Å²) < 4.78 is 33.3. The van der Waals surface area contributed by atoms with Crippen LogP contribution in [0.1, 0.15) is 6.42 Å². The lowest BCUT2D eigenvalue weighted by molar-refractivity contribution is -0.0497. The number of methoxy groups -OCH3 is 1. The topological polar surface area (TPSA) is 42.5 Å². The summed E-state index contributed by atoms with van der Waals surface area (Å²) in [6.07, 6.45) is 0.820. The molecule has 0 aromatic heterocycles. The Morgan fingerprint density at radius 1 is 1.45 bits per heavy atom. The molecule has 0 atom stereocenters. The van der Waals surface area contributed by atoms with Crippen LogP contribution in [0.5, 0.6) is 5.75 Å². The molecule has 0 unspecified atom stereocenters. The van der Waals surface area contributed by atoms with Crippen molar-refractivity contribution in [2.24, 2.45) is 0 Å². The number of hydrogen-bond acceptors (Lipinski definition) is 3. The van der Waals surface area contributed by atoms with Crippen LogP contribution in [0, 0.1) is 0 Å². The highest BCUT2D eigenvalue weighted by atomic mass is 35.5. The second kappa shape index (κ2) is 8.89. The number of thiocarbonyl (C=S) groups is 1. The smallest absolute Gasteiger partial charge is 0.387 e. The van der Waals surface area contributed by atoms with E-state index in [4.69, 9.17) is 28.6 Å². The zero-order valence-corrected chi connectivity index (χ0v) is 12.4. The van der Waals surface area contributed by atoms with Gasteiger partial charge in [-0.15, -0.1) is 0 Å². The molecule has 0 bridgehead atoms. The van der Waals surface area contributed by atoms with Crippen LogP contribution in [0.3, 0.4) is 0 Å². The van der Waals surface area contributed by atoms with E-state index in [-0.39, 0.29) is 10.8 Å².